The average Bonchev–Trinajstić information content (AvgIpc) is 3.13. The van der Waals surface area contributed by atoms with Gasteiger partial charge >= 0.3 is 5.97 Å². The summed E-state index contributed by atoms with van der Waals surface area (Å²) in [6.07, 6.45) is 4.51. The lowest BCUT2D eigenvalue weighted by atomic mass is 10.0. The third-order valence-electron chi connectivity index (χ3n) is 4.86. The Hall–Kier alpha value is -3.99. The van der Waals surface area contributed by atoms with Gasteiger partial charge in [-0.25, -0.2) is 9.18 Å². The molecule has 0 spiro atoms. The number of hydrogen-bond acceptors (Lipinski definition) is 2. The summed E-state index contributed by atoms with van der Waals surface area (Å²) >= 11 is 0. The minimum Gasteiger partial charge on any atom is -0.478 e. The monoisotopic (exact) mass is 399 g/mol. The first-order valence-corrected chi connectivity index (χ1v) is 9.40. The minimum atomic E-state index is -1.04. The van der Waals surface area contributed by atoms with Crippen molar-refractivity contribution in [2.75, 3.05) is 0 Å². The number of fused-ring (bicyclic) bond motifs is 1. The first-order chi connectivity index (χ1) is 14.5. The van der Waals surface area contributed by atoms with Gasteiger partial charge in [0.25, 0.3) is 0 Å². The molecule has 1 aromatic heterocycles. The van der Waals surface area contributed by atoms with Crippen LogP contribution in [0, 0.1) is 5.82 Å². The number of carboxylic acid groups (broad SMARTS) is 1. The van der Waals surface area contributed by atoms with Crippen LogP contribution in [0.25, 0.3) is 22.7 Å². The van der Waals surface area contributed by atoms with Crippen molar-refractivity contribution in [2.24, 2.45) is 0 Å². The number of halogens is 1. The number of nitrogens with zero attached hydrogens (tertiary/aromatic N) is 1. The Labute approximate surface area is 172 Å². The number of rotatable bonds is 6. The van der Waals surface area contributed by atoms with E-state index in [4.69, 9.17) is 5.11 Å². The molecule has 0 aliphatic rings. The number of Topliss-reactive ketones (excluding diaryl/α,β-unsaturated/α-hetero) is 1. The molecule has 3 aromatic carbocycles. The smallest absolute Gasteiger partial charge is 0.328 e. The summed E-state index contributed by atoms with van der Waals surface area (Å²) in [4.78, 5) is 24.0. The highest BCUT2D eigenvalue weighted by Gasteiger charge is 2.17. The summed E-state index contributed by atoms with van der Waals surface area (Å²) in [5.74, 6) is -1.48. The van der Waals surface area contributed by atoms with Crippen molar-refractivity contribution in [3.8, 4) is 5.69 Å². The maximum absolute atomic E-state index is 13.2. The quantitative estimate of drug-likeness (QED) is 0.354. The predicted molar refractivity (Wildman–Crippen MR) is 114 cm³/mol. The number of carboxylic acids is 1. The largest absolute Gasteiger partial charge is 0.478 e. The third kappa shape index (κ3) is 4.05. The molecule has 4 rings (SSSR count). The van der Waals surface area contributed by atoms with Gasteiger partial charge in [0, 0.05) is 35.3 Å². The van der Waals surface area contributed by atoms with E-state index in [9.17, 15) is 14.0 Å². The van der Waals surface area contributed by atoms with Crippen LogP contribution in [0.3, 0.4) is 0 Å². The minimum absolute atomic E-state index is 0.0966. The van der Waals surface area contributed by atoms with E-state index in [1.807, 2.05) is 53.1 Å². The number of aromatic nitrogens is 1. The highest BCUT2D eigenvalue weighted by Crippen LogP contribution is 2.28. The molecule has 0 atom stereocenters. The second-order valence-electron chi connectivity index (χ2n) is 6.92. The van der Waals surface area contributed by atoms with Gasteiger partial charge in [-0.15, -0.1) is 0 Å². The molecule has 0 fully saturated rings. The van der Waals surface area contributed by atoms with E-state index >= 15 is 0 Å². The number of benzene rings is 3. The van der Waals surface area contributed by atoms with Crippen LogP contribution in [0.1, 0.15) is 21.5 Å². The standard InChI is InChI=1S/C25H18FNO3/c26-19-10-6-18(7-11-19)15-24(28)22-16-27(20-4-2-1-3-5-20)23-12-8-17(14-21(22)23)9-13-25(29)30/h1-14,16H,15H2,(H,29,30). The topological polar surface area (TPSA) is 59.3 Å². The Morgan fingerprint density at radius 1 is 0.967 bits per heavy atom. The molecular weight excluding hydrogens is 381 g/mol. The molecule has 0 bridgehead atoms. The summed E-state index contributed by atoms with van der Waals surface area (Å²) in [7, 11) is 0. The van der Waals surface area contributed by atoms with E-state index in [1.165, 1.54) is 18.2 Å². The van der Waals surface area contributed by atoms with Crippen LogP contribution < -0.4 is 0 Å². The van der Waals surface area contributed by atoms with E-state index in [-0.39, 0.29) is 18.0 Å². The highest BCUT2D eigenvalue weighted by molar-refractivity contribution is 6.09. The van der Waals surface area contributed by atoms with Gasteiger partial charge in [-0.05, 0) is 53.6 Å². The summed E-state index contributed by atoms with van der Waals surface area (Å²) < 4.78 is 15.1. The maximum atomic E-state index is 13.2. The Morgan fingerprint density at radius 3 is 2.40 bits per heavy atom. The van der Waals surface area contributed by atoms with Crippen LogP contribution in [-0.2, 0) is 11.2 Å². The number of carbonyl (C=O) groups excluding carboxylic acids is 1. The van der Waals surface area contributed by atoms with E-state index < -0.39 is 5.97 Å². The fraction of sp³-hybridized carbons (Fsp3) is 0.0400. The van der Waals surface area contributed by atoms with Crippen LogP contribution in [0.2, 0.25) is 0 Å². The van der Waals surface area contributed by atoms with Gasteiger partial charge in [0.2, 0.25) is 0 Å². The van der Waals surface area contributed by atoms with Gasteiger partial charge in [-0.2, -0.15) is 0 Å². The molecule has 1 heterocycles. The number of carbonyl (C=O) groups is 2. The Balaban J connectivity index is 1.81. The molecule has 4 nitrogen and oxygen atoms in total. The normalized spacial score (nSPS) is 11.2. The van der Waals surface area contributed by atoms with Crippen LogP contribution >= 0.6 is 0 Å². The molecule has 30 heavy (non-hydrogen) atoms. The molecule has 0 saturated carbocycles. The zero-order chi connectivity index (χ0) is 21.1. The van der Waals surface area contributed by atoms with E-state index in [0.29, 0.717) is 11.1 Å². The van der Waals surface area contributed by atoms with Gasteiger partial charge < -0.3 is 9.67 Å². The summed E-state index contributed by atoms with van der Waals surface area (Å²) in [5.41, 5.74) is 3.70. The number of aliphatic carboxylic acids is 1. The number of ketones is 1. The molecule has 0 radical (unpaired) electrons. The fourth-order valence-electron chi connectivity index (χ4n) is 3.43. The van der Waals surface area contributed by atoms with E-state index in [1.54, 1.807) is 18.3 Å². The number of hydrogen-bond donors (Lipinski definition) is 1. The molecular formula is C25H18FNO3. The molecule has 0 aliphatic carbocycles. The Morgan fingerprint density at radius 2 is 1.70 bits per heavy atom. The molecule has 0 aliphatic heterocycles. The Bertz CT molecular complexity index is 1260. The second kappa shape index (κ2) is 8.17. The van der Waals surface area contributed by atoms with Crippen LogP contribution in [0.15, 0.2) is 85.1 Å². The van der Waals surface area contributed by atoms with Gasteiger partial charge in [0.05, 0.1) is 5.52 Å². The van der Waals surface area contributed by atoms with Crippen LogP contribution in [0.4, 0.5) is 4.39 Å². The van der Waals surface area contributed by atoms with Gasteiger partial charge in [0.1, 0.15) is 5.82 Å². The first kappa shape index (κ1) is 19.3. The average molecular weight is 399 g/mol. The molecule has 1 N–H and O–H groups in total. The van der Waals surface area contributed by atoms with Crippen molar-refractivity contribution in [1.29, 1.82) is 0 Å². The van der Waals surface area contributed by atoms with Gasteiger partial charge in [-0.3, -0.25) is 4.79 Å². The second-order valence-corrected chi connectivity index (χ2v) is 6.92. The lowest BCUT2D eigenvalue weighted by molar-refractivity contribution is -0.131. The van der Waals surface area contributed by atoms with E-state index in [0.717, 1.165) is 28.2 Å². The number of para-hydroxylation sites is 1. The van der Waals surface area contributed by atoms with Crippen molar-refractivity contribution < 1.29 is 19.1 Å². The summed E-state index contributed by atoms with van der Waals surface area (Å²) in [6.45, 7) is 0. The molecule has 148 valence electrons. The molecule has 0 saturated heterocycles. The maximum Gasteiger partial charge on any atom is 0.328 e. The lowest BCUT2D eigenvalue weighted by Crippen LogP contribution is -2.03. The molecule has 5 heteroatoms. The molecule has 0 unspecified atom stereocenters. The van der Waals surface area contributed by atoms with Gasteiger partial charge in [-0.1, -0.05) is 36.4 Å². The van der Waals surface area contributed by atoms with Crippen molar-refractivity contribution in [2.45, 2.75) is 6.42 Å². The van der Waals surface area contributed by atoms with Gasteiger partial charge in [0.15, 0.2) is 5.78 Å². The lowest BCUT2D eigenvalue weighted by Gasteiger charge is -2.05. The predicted octanol–water partition coefficient (Wildman–Crippen LogP) is 5.29. The van der Waals surface area contributed by atoms with Crippen LogP contribution in [0.5, 0.6) is 0 Å². The zero-order valence-corrected chi connectivity index (χ0v) is 16.0. The van der Waals surface area contributed by atoms with Crippen LogP contribution in [-0.4, -0.2) is 21.4 Å². The Kier molecular flexibility index (Phi) is 5.26. The van der Waals surface area contributed by atoms with E-state index in [2.05, 4.69) is 0 Å². The van der Waals surface area contributed by atoms with Crippen molar-refractivity contribution >= 4 is 28.7 Å². The van der Waals surface area contributed by atoms with Crippen molar-refractivity contribution in [1.82, 2.24) is 4.57 Å². The summed E-state index contributed by atoms with van der Waals surface area (Å²) in [5, 5.41) is 9.63. The van der Waals surface area contributed by atoms with Crippen molar-refractivity contribution in [3.63, 3.8) is 0 Å². The van der Waals surface area contributed by atoms with Crippen molar-refractivity contribution in [3.05, 3.63) is 108 Å². The first-order valence-electron chi connectivity index (χ1n) is 9.40. The zero-order valence-electron chi connectivity index (χ0n) is 16.0. The highest BCUT2D eigenvalue weighted by atomic mass is 19.1. The summed E-state index contributed by atoms with van der Waals surface area (Å²) in [6, 6.07) is 21.0. The molecule has 0 amide bonds. The SMILES string of the molecule is O=C(O)C=Cc1ccc2c(c1)c(C(=O)Cc1ccc(F)cc1)cn2-c1ccccc1. The molecule has 4 aromatic rings. The fourth-order valence-corrected chi connectivity index (χ4v) is 3.43. The third-order valence-corrected chi connectivity index (χ3v) is 4.86.